The minimum absolute atomic E-state index is 0.459. The molecule has 122 valence electrons. The van der Waals surface area contributed by atoms with Gasteiger partial charge in [-0.1, -0.05) is 35.3 Å². The molecule has 0 aliphatic carbocycles. The molecule has 0 unspecified atom stereocenters. The Hall–Kier alpha value is -2.37. The van der Waals surface area contributed by atoms with Gasteiger partial charge in [0.2, 0.25) is 5.95 Å². The topological polar surface area (TPSA) is 62.7 Å². The van der Waals surface area contributed by atoms with Crippen molar-refractivity contribution in [3.63, 3.8) is 0 Å². The Bertz CT molecular complexity index is 840. The molecule has 7 heteroatoms. The Morgan fingerprint density at radius 2 is 1.96 bits per heavy atom. The van der Waals surface area contributed by atoms with E-state index in [1.165, 1.54) is 0 Å². The highest BCUT2D eigenvalue weighted by Gasteiger charge is 2.07. The van der Waals surface area contributed by atoms with E-state index in [0.29, 0.717) is 34.0 Å². The second-order valence-corrected chi connectivity index (χ2v) is 5.94. The lowest BCUT2D eigenvalue weighted by Gasteiger charge is -2.11. The van der Waals surface area contributed by atoms with E-state index in [4.69, 9.17) is 23.2 Å². The van der Waals surface area contributed by atoms with Gasteiger partial charge in [-0.05, 0) is 30.7 Å². The molecule has 5 nitrogen and oxygen atoms in total. The van der Waals surface area contributed by atoms with Gasteiger partial charge in [0.05, 0.1) is 15.7 Å². The zero-order valence-corrected chi connectivity index (χ0v) is 14.4. The zero-order chi connectivity index (χ0) is 16.9. The maximum atomic E-state index is 6.20. The molecule has 0 saturated carbocycles. The first kappa shape index (κ1) is 16.5. The van der Waals surface area contributed by atoms with Gasteiger partial charge in [0.1, 0.15) is 5.82 Å². The molecule has 24 heavy (non-hydrogen) atoms. The van der Waals surface area contributed by atoms with E-state index in [9.17, 15) is 0 Å². The number of halogens is 2. The number of benzene rings is 1. The van der Waals surface area contributed by atoms with Crippen LogP contribution in [0.4, 0.5) is 17.5 Å². The van der Waals surface area contributed by atoms with Gasteiger partial charge in [-0.3, -0.25) is 4.98 Å². The van der Waals surface area contributed by atoms with Gasteiger partial charge in [0.15, 0.2) is 0 Å². The summed E-state index contributed by atoms with van der Waals surface area (Å²) in [6.45, 7) is 2.50. The predicted molar refractivity (Wildman–Crippen MR) is 98.1 cm³/mol. The number of aryl methyl sites for hydroxylation is 1. The van der Waals surface area contributed by atoms with Gasteiger partial charge < -0.3 is 10.6 Å². The Kier molecular flexibility index (Phi) is 5.13. The molecule has 0 bridgehead atoms. The fraction of sp³-hybridized carbons (Fsp3) is 0.118. The highest BCUT2D eigenvalue weighted by molar-refractivity contribution is 6.43. The van der Waals surface area contributed by atoms with E-state index < -0.39 is 0 Å². The average molecular weight is 360 g/mol. The third kappa shape index (κ3) is 4.13. The number of hydrogen-bond donors (Lipinski definition) is 2. The van der Waals surface area contributed by atoms with Gasteiger partial charge in [0, 0.05) is 30.7 Å². The molecule has 2 heterocycles. The van der Waals surface area contributed by atoms with Crippen molar-refractivity contribution in [1.29, 1.82) is 0 Å². The molecule has 2 N–H and O–H groups in total. The van der Waals surface area contributed by atoms with Gasteiger partial charge in [-0.25, -0.2) is 4.98 Å². The molecule has 1 aromatic carbocycles. The van der Waals surface area contributed by atoms with Crippen LogP contribution in [0, 0.1) is 6.92 Å². The van der Waals surface area contributed by atoms with Crippen LogP contribution in [0.3, 0.4) is 0 Å². The first-order valence-corrected chi connectivity index (χ1v) is 8.07. The summed E-state index contributed by atoms with van der Waals surface area (Å²) in [5.41, 5.74) is 2.58. The highest BCUT2D eigenvalue weighted by Crippen LogP contribution is 2.31. The monoisotopic (exact) mass is 359 g/mol. The standard InChI is InChI=1S/C17H15Cl2N5/c1-11-8-15(23-14-6-2-5-13(18)16(14)19)24-17(22-11)21-10-12-4-3-7-20-9-12/h2-9H,10H2,1H3,(H2,21,22,23,24). The van der Waals surface area contributed by atoms with Crippen LogP contribution in [0.1, 0.15) is 11.3 Å². The van der Waals surface area contributed by atoms with E-state index in [-0.39, 0.29) is 0 Å². The number of anilines is 3. The lowest BCUT2D eigenvalue weighted by Crippen LogP contribution is -2.06. The van der Waals surface area contributed by atoms with Crippen molar-refractivity contribution in [3.8, 4) is 0 Å². The lowest BCUT2D eigenvalue weighted by molar-refractivity contribution is 1.02. The Morgan fingerprint density at radius 1 is 1.08 bits per heavy atom. The van der Waals surface area contributed by atoms with Crippen LogP contribution in [0.15, 0.2) is 48.8 Å². The number of nitrogens with zero attached hydrogens (tertiary/aromatic N) is 3. The zero-order valence-electron chi connectivity index (χ0n) is 12.9. The van der Waals surface area contributed by atoms with Gasteiger partial charge in [-0.2, -0.15) is 4.98 Å². The molecule has 3 rings (SSSR count). The van der Waals surface area contributed by atoms with E-state index in [1.807, 2.05) is 37.3 Å². The molecule has 0 fully saturated rings. The minimum atomic E-state index is 0.459. The third-order valence-electron chi connectivity index (χ3n) is 3.24. The Morgan fingerprint density at radius 3 is 2.75 bits per heavy atom. The summed E-state index contributed by atoms with van der Waals surface area (Å²) >= 11 is 12.2. The first-order chi connectivity index (χ1) is 11.6. The van der Waals surface area contributed by atoms with Crippen LogP contribution in [-0.4, -0.2) is 15.0 Å². The van der Waals surface area contributed by atoms with Gasteiger partial charge in [-0.15, -0.1) is 0 Å². The van der Waals surface area contributed by atoms with Gasteiger partial charge >= 0.3 is 0 Å². The van der Waals surface area contributed by atoms with Gasteiger partial charge in [0.25, 0.3) is 0 Å². The summed E-state index contributed by atoms with van der Waals surface area (Å²) < 4.78 is 0. The molecule has 0 atom stereocenters. The second-order valence-electron chi connectivity index (χ2n) is 5.16. The van der Waals surface area contributed by atoms with Crippen molar-refractivity contribution < 1.29 is 0 Å². The fourth-order valence-corrected chi connectivity index (χ4v) is 2.48. The lowest BCUT2D eigenvalue weighted by atomic mass is 10.3. The summed E-state index contributed by atoms with van der Waals surface area (Å²) in [4.78, 5) is 12.9. The first-order valence-electron chi connectivity index (χ1n) is 7.31. The van der Waals surface area contributed by atoms with Crippen LogP contribution in [-0.2, 0) is 6.54 Å². The highest BCUT2D eigenvalue weighted by atomic mass is 35.5. The van der Waals surface area contributed by atoms with Crippen molar-refractivity contribution in [3.05, 3.63) is 70.1 Å². The molecule has 3 aromatic rings. The van der Waals surface area contributed by atoms with Crippen LogP contribution >= 0.6 is 23.2 Å². The molecular weight excluding hydrogens is 345 g/mol. The van der Waals surface area contributed by atoms with Crippen molar-refractivity contribution in [1.82, 2.24) is 15.0 Å². The fourth-order valence-electron chi connectivity index (χ4n) is 2.13. The molecule has 0 aliphatic heterocycles. The molecular formula is C17H15Cl2N5. The molecule has 0 saturated heterocycles. The quantitative estimate of drug-likeness (QED) is 0.682. The van der Waals surface area contributed by atoms with Crippen molar-refractivity contribution in [2.24, 2.45) is 0 Å². The summed E-state index contributed by atoms with van der Waals surface area (Å²) in [6, 6.07) is 11.1. The third-order valence-corrected chi connectivity index (χ3v) is 4.06. The predicted octanol–water partition coefficient (Wildman–Crippen LogP) is 4.84. The van der Waals surface area contributed by atoms with E-state index in [0.717, 1.165) is 11.3 Å². The van der Waals surface area contributed by atoms with E-state index in [1.54, 1.807) is 18.5 Å². The minimum Gasteiger partial charge on any atom is -0.350 e. The van der Waals surface area contributed by atoms with Crippen molar-refractivity contribution >= 4 is 40.7 Å². The number of pyridine rings is 1. The summed E-state index contributed by atoms with van der Waals surface area (Å²) in [5, 5.41) is 7.31. The molecule has 0 amide bonds. The Labute approximate surface area is 150 Å². The van der Waals surface area contributed by atoms with Crippen molar-refractivity contribution in [2.45, 2.75) is 13.5 Å². The summed E-state index contributed by atoms with van der Waals surface area (Å²) in [6.07, 6.45) is 3.54. The molecule has 2 aromatic heterocycles. The normalized spacial score (nSPS) is 10.5. The molecule has 0 aliphatic rings. The molecule has 0 radical (unpaired) electrons. The number of aromatic nitrogens is 3. The number of hydrogen-bond acceptors (Lipinski definition) is 5. The largest absolute Gasteiger partial charge is 0.350 e. The van der Waals surface area contributed by atoms with Crippen molar-refractivity contribution in [2.75, 3.05) is 10.6 Å². The van der Waals surface area contributed by atoms with E-state index >= 15 is 0 Å². The van der Waals surface area contributed by atoms with Crippen LogP contribution in [0.25, 0.3) is 0 Å². The number of nitrogens with one attached hydrogen (secondary N) is 2. The maximum absolute atomic E-state index is 6.20. The van der Waals surface area contributed by atoms with Crippen LogP contribution in [0.2, 0.25) is 10.0 Å². The smallest absolute Gasteiger partial charge is 0.225 e. The Balaban J connectivity index is 1.77. The summed E-state index contributed by atoms with van der Waals surface area (Å²) in [7, 11) is 0. The second kappa shape index (κ2) is 7.47. The maximum Gasteiger partial charge on any atom is 0.225 e. The number of rotatable bonds is 5. The molecule has 0 spiro atoms. The average Bonchev–Trinajstić information content (AvgIpc) is 2.58. The SMILES string of the molecule is Cc1cc(Nc2cccc(Cl)c2Cl)nc(NCc2cccnc2)n1. The van der Waals surface area contributed by atoms with Crippen LogP contribution in [0.5, 0.6) is 0 Å². The summed E-state index contributed by atoms with van der Waals surface area (Å²) in [5.74, 6) is 1.17. The van der Waals surface area contributed by atoms with E-state index in [2.05, 4.69) is 25.6 Å². The van der Waals surface area contributed by atoms with Crippen LogP contribution < -0.4 is 10.6 Å².